The second-order valence-corrected chi connectivity index (χ2v) is 7.07. The van der Waals surface area contributed by atoms with Gasteiger partial charge in [-0.05, 0) is 36.3 Å². The average molecular weight is 346 g/mol. The van der Waals surface area contributed by atoms with E-state index in [0.717, 1.165) is 18.7 Å². The maximum Gasteiger partial charge on any atom is 0.336 e. The number of hydrogen-bond acceptors (Lipinski definition) is 4. The molecule has 0 unspecified atom stereocenters. The first-order valence-electron chi connectivity index (χ1n) is 8.90. The molecule has 0 spiro atoms. The Kier molecular flexibility index (Phi) is 5.71. The number of nitrogens with one attached hydrogen (secondary N) is 1. The first-order chi connectivity index (χ1) is 12.1. The fraction of sp³-hybridized carbons (Fsp3) is 0.579. The number of carbonyl (C=O) groups is 2. The Hall–Kier alpha value is -1.92. The molecule has 136 valence electrons. The van der Waals surface area contributed by atoms with Crippen LogP contribution in [0.4, 0.5) is 0 Å². The summed E-state index contributed by atoms with van der Waals surface area (Å²) in [7, 11) is 1.59. The number of carbonyl (C=O) groups excluding carboxylic acids is 1. The Morgan fingerprint density at radius 3 is 2.72 bits per heavy atom. The van der Waals surface area contributed by atoms with Crippen LogP contribution in [0.5, 0.6) is 0 Å². The molecule has 1 aromatic carbocycles. The highest BCUT2D eigenvalue weighted by atomic mass is 16.5. The van der Waals surface area contributed by atoms with Crippen LogP contribution in [0.1, 0.15) is 35.2 Å². The van der Waals surface area contributed by atoms with E-state index in [1.165, 1.54) is 12.8 Å². The van der Waals surface area contributed by atoms with Crippen molar-refractivity contribution in [3.63, 3.8) is 0 Å². The van der Waals surface area contributed by atoms with Gasteiger partial charge in [-0.3, -0.25) is 9.69 Å². The van der Waals surface area contributed by atoms with E-state index in [1.807, 2.05) is 12.1 Å². The van der Waals surface area contributed by atoms with Gasteiger partial charge < -0.3 is 15.2 Å². The molecule has 1 heterocycles. The van der Waals surface area contributed by atoms with Crippen molar-refractivity contribution in [3.8, 4) is 0 Å². The summed E-state index contributed by atoms with van der Waals surface area (Å²) >= 11 is 0. The number of amides is 1. The third kappa shape index (κ3) is 4.58. The Morgan fingerprint density at radius 2 is 2.04 bits per heavy atom. The number of benzene rings is 1. The molecule has 1 aromatic rings. The maximum atomic E-state index is 12.1. The van der Waals surface area contributed by atoms with Crippen LogP contribution < -0.4 is 5.32 Å². The molecule has 2 N–H and O–H groups in total. The number of nitrogens with zero attached hydrogens (tertiary/aromatic N) is 1. The van der Waals surface area contributed by atoms with E-state index in [9.17, 15) is 14.7 Å². The minimum atomic E-state index is -0.891. The summed E-state index contributed by atoms with van der Waals surface area (Å²) in [6.07, 6.45) is 2.84. The van der Waals surface area contributed by atoms with E-state index in [4.69, 9.17) is 4.74 Å². The van der Waals surface area contributed by atoms with Crippen LogP contribution in [0.2, 0.25) is 0 Å². The predicted molar refractivity (Wildman–Crippen MR) is 93.3 cm³/mol. The summed E-state index contributed by atoms with van der Waals surface area (Å²) in [5, 5.41) is 12.5. The number of ether oxygens (including phenoxy) is 1. The van der Waals surface area contributed by atoms with Gasteiger partial charge in [0.15, 0.2) is 0 Å². The Bertz CT molecular complexity index is 630. The SMILES string of the molecule is COCCC(=O)N[C@H]1CN(Cc2ccccc2C(=O)O)C[C@@H]1C1CC1. The van der Waals surface area contributed by atoms with E-state index >= 15 is 0 Å². The number of methoxy groups -OCH3 is 1. The third-order valence-electron chi connectivity index (χ3n) is 5.19. The van der Waals surface area contributed by atoms with Gasteiger partial charge in [-0.25, -0.2) is 4.79 Å². The van der Waals surface area contributed by atoms with E-state index in [1.54, 1.807) is 19.2 Å². The van der Waals surface area contributed by atoms with E-state index in [0.29, 0.717) is 37.0 Å². The molecule has 6 heteroatoms. The van der Waals surface area contributed by atoms with Crippen LogP contribution in [-0.2, 0) is 16.1 Å². The Labute approximate surface area is 148 Å². The summed E-state index contributed by atoms with van der Waals surface area (Å²) in [5.41, 5.74) is 1.19. The highest BCUT2D eigenvalue weighted by Crippen LogP contribution is 2.41. The highest BCUT2D eigenvalue weighted by Gasteiger charge is 2.42. The monoisotopic (exact) mass is 346 g/mol. The maximum absolute atomic E-state index is 12.1. The van der Waals surface area contributed by atoms with Gasteiger partial charge >= 0.3 is 5.97 Å². The molecule has 25 heavy (non-hydrogen) atoms. The lowest BCUT2D eigenvalue weighted by atomic mass is 9.98. The molecular formula is C19H26N2O4. The molecule has 2 atom stereocenters. The Balaban J connectivity index is 1.64. The lowest BCUT2D eigenvalue weighted by Crippen LogP contribution is -2.41. The number of likely N-dealkylation sites (tertiary alicyclic amines) is 1. The van der Waals surface area contributed by atoms with Crippen molar-refractivity contribution in [3.05, 3.63) is 35.4 Å². The van der Waals surface area contributed by atoms with Crippen molar-refractivity contribution in [2.45, 2.75) is 31.8 Å². The second-order valence-electron chi connectivity index (χ2n) is 7.07. The molecule has 1 aliphatic carbocycles. The van der Waals surface area contributed by atoms with Gasteiger partial charge in [-0.15, -0.1) is 0 Å². The largest absolute Gasteiger partial charge is 0.478 e. The Morgan fingerprint density at radius 1 is 1.28 bits per heavy atom. The lowest BCUT2D eigenvalue weighted by Gasteiger charge is -2.19. The normalized spacial score (nSPS) is 23.6. The van der Waals surface area contributed by atoms with Crippen LogP contribution >= 0.6 is 0 Å². The number of hydrogen-bond donors (Lipinski definition) is 2. The number of carboxylic acid groups (broad SMARTS) is 1. The van der Waals surface area contributed by atoms with Crippen LogP contribution in [-0.4, -0.2) is 54.7 Å². The minimum Gasteiger partial charge on any atom is -0.478 e. The number of aromatic carboxylic acids is 1. The van der Waals surface area contributed by atoms with Crippen LogP contribution in [0.15, 0.2) is 24.3 Å². The van der Waals surface area contributed by atoms with Crippen molar-refractivity contribution >= 4 is 11.9 Å². The first kappa shape index (κ1) is 17.9. The molecule has 3 rings (SSSR count). The van der Waals surface area contributed by atoms with Gasteiger partial charge in [0.05, 0.1) is 12.2 Å². The standard InChI is InChI=1S/C19H26N2O4/c1-25-9-8-18(22)20-17-12-21(11-16(17)13-6-7-13)10-14-4-2-3-5-15(14)19(23)24/h2-5,13,16-17H,6-12H2,1H3,(H,20,22)(H,23,24)/t16-,17+/m1/s1. The average Bonchev–Trinajstić information content (AvgIpc) is 3.36. The zero-order valence-electron chi connectivity index (χ0n) is 14.6. The molecule has 6 nitrogen and oxygen atoms in total. The van der Waals surface area contributed by atoms with Gasteiger partial charge in [0.1, 0.15) is 0 Å². The van der Waals surface area contributed by atoms with Crippen molar-refractivity contribution < 1.29 is 19.4 Å². The van der Waals surface area contributed by atoms with Gasteiger partial charge in [0, 0.05) is 39.2 Å². The molecule has 1 saturated carbocycles. The van der Waals surface area contributed by atoms with E-state index in [2.05, 4.69) is 10.2 Å². The number of rotatable bonds is 8. The van der Waals surface area contributed by atoms with Crippen LogP contribution in [0.25, 0.3) is 0 Å². The fourth-order valence-corrected chi connectivity index (χ4v) is 3.78. The topological polar surface area (TPSA) is 78.9 Å². The van der Waals surface area contributed by atoms with E-state index < -0.39 is 5.97 Å². The number of carboxylic acids is 1. The van der Waals surface area contributed by atoms with Crippen molar-refractivity contribution in [1.29, 1.82) is 0 Å². The zero-order chi connectivity index (χ0) is 17.8. The molecule has 1 saturated heterocycles. The molecule has 1 aliphatic heterocycles. The summed E-state index contributed by atoms with van der Waals surface area (Å²) in [6, 6.07) is 7.30. The van der Waals surface area contributed by atoms with Crippen LogP contribution in [0, 0.1) is 11.8 Å². The predicted octanol–water partition coefficient (Wildman–Crippen LogP) is 1.75. The summed E-state index contributed by atoms with van der Waals surface area (Å²) in [6.45, 7) is 2.72. The molecular weight excluding hydrogens is 320 g/mol. The van der Waals surface area contributed by atoms with Gasteiger partial charge in [0.2, 0.25) is 5.91 Å². The molecule has 0 radical (unpaired) electrons. The molecule has 2 fully saturated rings. The van der Waals surface area contributed by atoms with Crippen LogP contribution in [0.3, 0.4) is 0 Å². The van der Waals surface area contributed by atoms with Gasteiger partial charge in [-0.1, -0.05) is 18.2 Å². The molecule has 2 aliphatic rings. The molecule has 0 bridgehead atoms. The summed E-state index contributed by atoms with van der Waals surface area (Å²) < 4.78 is 4.97. The highest BCUT2D eigenvalue weighted by molar-refractivity contribution is 5.89. The zero-order valence-corrected chi connectivity index (χ0v) is 14.6. The smallest absolute Gasteiger partial charge is 0.336 e. The first-order valence-corrected chi connectivity index (χ1v) is 8.90. The minimum absolute atomic E-state index is 0.0327. The quantitative estimate of drug-likeness (QED) is 0.750. The lowest BCUT2D eigenvalue weighted by molar-refractivity contribution is -0.122. The van der Waals surface area contributed by atoms with E-state index in [-0.39, 0.29) is 11.9 Å². The van der Waals surface area contributed by atoms with Crippen molar-refractivity contribution in [1.82, 2.24) is 10.2 Å². The summed E-state index contributed by atoms with van der Waals surface area (Å²) in [5.74, 6) is 0.291. The van der Waals surface area contributed by atoms with Crippen molar-refractivity contribution in [2.24, 2.45) is 11.8 Å². The summed E-state index contributed by atoms with van der Waals surface area (Å²) in [4.78, 5) is 25.7. The van der Waals surface area contributed by atoms with Crippen molar-refractivity contribution in [2.75, 3.05) is 26.8 Å². The third-order valence-corrected chi connectivity index (χ3v) is 5.19. The van der Waals surface area contributed by atoms with Gasteiger partial charge in [-0.2, -0.15) is 0 Å². The fourth-order valence-electron chi connectivity index (χ4n) is 3.78. The molecule has 1 amide bonds. The van der Waals surface area contributed by atoms with Gasteiger partial charge in [0.25, 0.3) is 0 Å². The molecule has 0 aromatic heterocycles. The second kappa shape index (κ2) is 7.97.